The zero-order valence-electron chi connectivity index (χ0n) is 15.6. The quantitative estimate of drug-likeness (QED) is 0.270. The summed E-state index contributed by atoms with van der Waals surface area (Å²) in [7, 11) is 0.896. The summed E-state index contributed by atoms with van der Waals surface area (Å²) in [4.78, 5) is 51.4. The van der Waals surface area contributed by atoms with Gasteiger partial charge in [0.25, 0.3) is 5.72 Å². The summed E-state index contributed by atoms with van der Waals surface area (Å²) in [5.74, 6) is -8.26. The smallest absolute Gasteiger partial charge is 0.362 e. The van der Waals surface area contributed by atoms with Crippen molar-refractivity contribution in [2.75, 3.05) is 13.7 Å². The molecule has 0 radical (unpaired) electrons. The van der Waals surface area contributed by atoms with Crippen molar-refractivity contribution >= 4 is 29.5 Å². The summed E-state index contributed by atoms with van der Waals surface area (Å²) in [6.07, 6.45) is -1.85. The highest BCUT2D eigenvalue weighted by atomic mass is 16.6. The van der Waals surface area contributed by atoms with E-state index in [1.54, 1.807) is 0 Å². The number of benzene rings is 1. The summed E-state index contributed by atoms with van der Waals surface area (Å²) in [6, 6.07) is 4.65. The van der Waals surface area contributed by atoms with Crippen LogP contribution in [-0.2, 0) is 28.7 Å². The second-order valence-electron chi connectivity index (χ2n) is 6.15. The fourth-order valence-corrected chi connectivity index (χ4v) is 2.70. The molecule has 0 saturated carbocycles. The van der Waals surface area contributed by atoms with Gasteiger partial charge in [0.05, 0.1) is 6.61 Å². The van der Waals surface area contributed by atoms with Gasteiger partial charge in [-0.15, -0.1) is 0 Å². The van der Waals surface area contributed by atoms with Crippen LogP contribution in [0.3, 0.4) is 0 Å². The van der Waals surface area contributed by atoms with E-state index in [1.165, 1.54) is 12.1 Å². The molecule has 3 atom stereocenters. The number of rotatable bonds is 8. The highest BCUT2D eigenvalue weighted by Gasteiger charge is 2.52. The van der Waals surface area contributed by atoms with Gasteiger partial charge in [0.1, 0.15) is 5.75 Å². The third kappa shape index (κ3) is 4.29. The highest BCUT2D eigenvalue weighted by Crippen LogP contribution is 2.26. The van der Waals surface area contributed by atoms with Gasteiger partial charge in [-0.05, 0) is 17.7 Å². The zero-order valence-corrected chi connectivity index (χ0v) is 15.6. The minimum atomic E-state index is -2.73. The molecule has 0 aliphatic carbocycles. The van der Waals surface area contributed by atoms with Crippen LogP contribution in [0.4, 0.5) is 0 Å². The number of phenolic OH excluding ortho intramolecular Hbond substituents is 1. The van der Waals surface area contributed by atoms with E-state index < -0.39 is 54.0 Å². The Morgan fingerprint density at radius 1 is 1.23 bits per heavy atom. The predicted molar refractivity (Wildman–Crippen MR) is 98.0 cm³/mol. The average molecular weight is 422 g/mol. The van der Waals surface area contributed by atoms with Crippen molar-refractivity contribution in [3.8, 4) is 5.75 Å². The van der Waals surface area contributed by atoms with Gasteiger partial charge in [-0.1, -0.05) is 18.7 Å². The molecule has 12 nitrogen and oxygen atoms in total. The first kappa shape index (κ1) is 22.5. The molecular formula is C18H18N2O10. The number of aromatic hydroxyl groups is 1. The lowest BCUT2D eigenvalue weighted by molar-refractivity contribution is -0.193. The fraction of sp³-hybridized carbons (Fsp3) is 0.278. The number of ether oxygens (including phenoxy) is 2. The topological polar surface area (TPSA) is 192 Å². The number of carbonyl (C=O) groups is 4. The molecule has 30 heavy (non-hydrogen) atoms. The number of aliphatic imine (C=N–C) groups is 1. The summed E-state index contributed by atoms with van der Waals surface area (Å²) in [6.45, 7) is 3.04. The molecule has 1 aliphatic heterocycles. The van der Waals surface area contributed by atoms with Gasteiger partial charge >= 0.3 is 17.9 Å². The number of aliphatic carboxylic acids is 3. The molecule has 5 N–H and O–H groups in total. The van der Waals surface area contributed by atoms with Crippen LogP contribution in [-0.4, -0.2) is 75.6 Å². The Kier molecular flexibility index (Phi) is 6.54. The maximum atomic E-state index is 12.7. The first-order valence-electron chi connectivity index (χ1n) is 8.26. The minimum absolute atomic E-state index is 0.0343. The van der Waals surface area contributed by atoms with Crippen LogP contribution in [0, 0.1) is 0 Å². The molecule has 2 rings (SSSR count). The van der Waals surface area contributed by atoms with Gasteiger partial charge in [0.2, 0.25) is 12.1 Å². The number of hydrogen-bond acceptors (Lipinski definition) is 8. The van der Waals surface area contributed by atoms with Crippen molar-refractivity contribution in [2.45, 2.75) is 17.9 Å². The van der Waals surface area contributed by atoms with Crippen molar-refractivity contribution in [2.24, 2.45) is 4.99 Å². The number of carboxylic acids is 3. The molecule has 0 saturated heterocycles. The predicted octanol–water partition coefficient (Wildman–Crippen LogP) is -0.458. The van der Waals surface area contributed by atoms with Crippen LogP contribution >= 0.6 is 0 Å². The molecule has 0 fully saturated rings. The average Bonchev–Trinajstić information content (AvgIpc) is 2.67. The largest absolute Gasteiger partial charge is 0.508 e. The van der Waals surface area contributed by atoms with E-state index in [0.717, 1.165) is 19.2 Å². The van der Waals surface area contributed by atoms with Gasteiger partial charge in [0.15, 0.2) is 11.6 Å². The zero-order chi connectivity index (χ0) is 22.6. The minimum Gasteiger partial charge on any atom is -0.508 e. The van der Waals surface area contributed by atoms with Crippen molar-refractivity contribution in [3.63, 3.8) is 0 Å². The van der Waals surface area contributed by atoms with E-state index in [2.05, 4.69) is 11.6 Å². The van der Waals surface area contributed by atoms with Crippen LogP contribution in [0.1, 0.15) is 11.5 Å². The van der Waals surface area contributed by atoms with E-state index >= 15 is 0 Å². The van der Waals surface area contributed by atoms with E-state index in [9.17, 15) is 39.6 Å². The standard InChI is InChI=1S/C18H18N2O10/c1-8-7-30-16(19-12(8)15(25)26)18(29-2,17(27)28)20-13(22)11(14(23)24)9-3-5-10(21)6-4-9/h3-6,11,16,21H,1,7H2,2H3,(H,20,22)(H,23,24)(H,25,26)(H,27,28)/t11-,16-,18-/m1/s1. The second kappa shape index (κ2) is 8.71. The van der Waals surface area contributed by atoms with Gasteiger partial charge in [-0.3, -0.25) is 9.59 Å². The first-order chi connectivity index (χ1) is 14.0. The molecule has 1 aromatic rings. The van der Waals surface area contributed by atoms with E-state index in [-0.39, 0.29) is 16.9 Å². The molecule has 1 aliphatic rings. The molecule has 0 spiro atoms. The van der Waals surface area contributed by atoms with E-state index in [0.29, 0.717) is 0 Å². The summed E-state index contributed by atoms with van der Waals surface area (Å²) in [5, 5.41) is 39.7. The molecule has 1 heterocycles. The maximum Gasteiger partial charge on any atom is 0.362 e. The maximum absolute atomic E-state index is 12.7. The van der Waals surface area contributed by atoms with Crippen LogP contribution in [0.25, 0.3) is 0 Å². The number of carboxylic acid groups (broad SMARTS) is 3. The van der Waals surface area contributed by atoms with E-state index in [1.807, 2.05) is 5.32 Å². The highest BCUT2D eigenvalue weighted by molar-refractivity contribution is 6.42. The Morgan fingerprint density at radius 3 is 2.30 bits per heavy atom. The molecule has 0 unspecified atom stereocenters. The lowest BCUT2D eigenvalue weighted by atomic mass is 9.97. The lowest BCUT2D eigenvalue weighted by Gasteiger charge is -2.36. The van der Waals surface area contributed by atoms with Crippen LogP contribution in [0.15, 0.2) is 41.4 Å². The van der Waals surface area contributed by atoms with E-state index in [4.69, 9.17) is 9.47 Å². The fourth-order valence-electron chi connectivity index (χ4n) is 2.70. The first-order valence-corrected chi connectivity index (χ1v) is 8.26. The number of methoxy groups -OCH3 is 1. The third-order valence-electron chi connectivity index (χ3n) is 4.23. The Hall–Kier alpha value is -3.77. The number of nitrogens with one attached hydrogen (secondary N) is 1. The van der Waals surface area contributed by atoms with Crippen molar-refractivity contribution in [1.82, 2.24) is 5.32 Å². The number of hydrogen-bond donors (Lipinski definition) is 5. The van der Waals surface area contributed by atoms with Gasteiger partial charge in [-0.25, -0.2) is 14.6 Å². The Morgan fingerprint density at radius 2 is 1.83 bits per heavy atom. The van der Waals surface area contributed by atoms with Gasteiger partial charge < -0.3 is 35.2 Å². The van der Waals surface area contributed by atoms with Gasteiger partial charge in [-0.2, -0.15) is 0 Å². The van der Waals surface area contributed by atoms with Crippen molar-refractivity contribution in [1.29, 1.82) is 0 Å². The van der Waals surface area contributed by atoms with Crippen LogP contribution in [0.5, 0.6) is 5.75 Å². The molecule has 1 aromatic carbocycles. The van der Waals surface area contributed by atoms with Crippen LogP contribution in [0.2, 0.25) is 0 Å². The Labute approximate surface area is 169 Å². The number of nitrogens with zero attached hydrogens (tertiary/aromatic N) is 1. The summed E-state index contributed by atoms with van der Waals surface area (Å²) < 4.78 is 10.1. The Bertz CT molecular complexity index is 923. The molecule has 1 amide bonds. The van der Waals surface area contributed by atoms with Crippen molar-refractivity contribution < 1.29 is 49.1 Å². The SMILES string of the molecule is C=C1CO[C@H]([C@@](NC(=O)[C@H](C(=O)O)c2ccc(O)cc2)(OC)C(=O)O)N=C1C(=O)O. The Balaban J connectivity index is 2.46. The summed E-state index contributed by atoms with van der Waals surface area (Å²) in [5.41, 5.74) is -3.39. The number of phenols is 1. The molecular weight excluding hydrogens is 404 g/mol. The monoisotopic (exact) mass is 422 g/mol. The normalized spacial score (nSPS) is 19.2. The van der Waals surface area contributed by atoms with Crippen molar-refractivity contribution in [3.05, 3.63) is 42.0 Å². The number of amides is 1. The lowest BCUT2D eigenvalue weighted by Crippen LogP contribution is -2.65. The molecule has 160 valence electrons. The molecule has 0 bridgehead atoms. The van der Waals surface area contributed by atoms with Crippen LogP contribution < -0.4 is 5.32 Å². The van der Waals surface area contributed by atoms with Gasteiger partial charge in [0, 0.05) is 12.7 Å². The third-order valence-corrected chi connectivity index (χ3v) is 4.23. The number of carbonyl (C=O) groups excluding carboxylic acids is 1. The summed E-state index contributed by atoms with van der Waals surface area (Å²) >= 11 is 0. The second-order valence-corrected chi connectivity index (χ2v) is 6.15. The molecule has 12 heteroatoms. The molecule has 0 aromatic heterocycles.